The highest BCUT2D eigenvalue weighted by atomic mass is 16.6. The largest absolute Gasteiger partial charge is 0.463 e. The summed E-state index contributed by atoms with van der Waals surface area (Å²) in [5.74, 6) is 0.875. The van der Waals surface area contributed by atoms with Crippen molar-refractivity contribution in [2.24, 2.45) is 5.73 Å². The summed E-state index contributed by atoms with van der Waals surface area (Å²) in [6, 6.07) is 0. The molecule has 0 amide bonds. The summed E-state index contributed by atoms with van der Waals surface area (Å²) in [6.45, 7) is 5.42. The Morgan fingerprint density at radius 2 is 1.93 bits per heavy atom. The maximum absolute atomic E-state index is 11.5. The van der Waals surface area contributed by atoms with Crippen LogP contribution in [0.4, 0.5) is 0 Å². The van der Waals surface area contributed by atoms with Gasteiger partial charge in [-0.05, 0) is 20.3 Å². The Kier molecular flexibility index (Phi) is 5.86. The highest BCUT2D eigenvalue weighted by molar-refractivity contribution is 5.86. The van der Waals surface area contributed by atoms with E-state index in [4.69, 9.17) is 15.2 Å². The summed E-state index contributed by atoms with van der Waals surface area (Å²) in [5.41, 5.74) is 3.97. The minimum Gasteiger partial charge on any atom is -0.463 e. The lowest BCUT2D eigenvalue weighted by molar-refractivity contribution is -0.166. The number of nitrogens with two attached hydrogens (primary N) is 1. The van der Waals surface area contributed by atoms with Crippen molar-refractivity contribution in [1.29, 1.82) is 0 Å². The molecule has 0 saturated carbocycles. The van der Waals surface area contributed by atoms with Gasteiger partial charge in [0.25, 0.3) is 0 Å². The molecule has 5 heteroatoms. The first-order valence-corrected chi connectivity index (χ1v) is 4.91. The molecule has 1 unspecified atom stereocenters. The Balaban J connectivity index is 5.03. The average Bonchev–Trinajstić information content (AvgIpc) is 2.20. The van der Waals surface area contributed by atoms with Crippen molar-refractivity contribution >= 4 is 11.9 Å². The van der Waals surface area contributed by atoms with E-state index in [0.717, 1.165) is 0 Å². The van der Waals surface area contributed by atoms with E-state index in [0.29, 0.717) is 6.42 Å². The van der Waals surface area contributed by atoms with E-state index in [1.807, 2.05) is 0 Å². The van der Waals surface area contributed by atoms with E-state index < -0.39 is 11.7 Å². The van der Waals surface area contributed by atoms with E-state index in [1.165, 1.54) is 0 Å². The standard InChI is InChI=1S/C10H17NO4/c1-4-8(7-12)10(11,15-6-3)9(13)14-5-2/h4-6,11H2,1-3H3. The van der Waals surface area contributed by atoms with Crippen molar-refractivity contribution in [2.75, 3.05) is 13.2 Å². The van der Waals surface area contributed by atoms with Gasteiger partial charge in [-0.3, -0.25) is 5.73 Å². The molecule has 5 nitrogen and oxygen atoms in total. The van der Waals surface area contributed by atoms with Crippen LogP contribution >= 0.6 is 0 Å². The Bertz CT molecular complexity index is 271. The zero-order valence-electron chi connectivity index (χ0n) is 9.33. The monoisotopic (exact) mass is 215 g/mol. The minimum absolute atomic E-state index is 0.0581. The molecule has 0 fully saturated rings. The average molecular weight is 215 g/mol. The third kappa shape index (κ3) is 3.16. The van der Waals surface area contributed by atoms with Crippen molar-refractivity contribution < 1.29 is 19.1 Å². The number of carbonyl (C=O) groups is 1. The number of hydrogen-bond acceptors (Lipinski definition) is 5. The van der Waals surface area contributed by atoms with Crippen LogP contribution in [0.3, 0.4) is 0 Å². The van der Waals surface area contributed by atoms with E-state index in [2.05, 4.69) is 0 Å². The molecule has 0 aromatic rings. The highest BCUT2D eigenvalue weighted by Crippen LogP contribution is 2.18. The Morgan fingerprint density at radius 1 is 1.33 bits per heavy atom. The quantitative estimate of drug-likeness (QED) is 0.394. The Labute approximate surface area is 89.2 Å². The van der Waals surface area contributed by atoms with Gasteiger partial charge in [0.2, 0.25) is 5.72 Å². The van der Waals surface area contributed by atoms with Crippen LogP contribution in [0.5, 0.6) is 0 Å². The molecule has 0 radical (unpaired) electrons. The van der Waals surface area contributed by atoms with Gasteiger partial charge in [0.15, 0.2) is 0 Å². The molecule has 0 bridgehead atoms. The second-order valence-corrected chi connectivity index (χ2v) is 2.82. The third-order valence-corrected chi connectivity index (χ3v) is 1.88. The maximum atomic E-state index is 11.5. The lowest BCUT2D eigenvalue weighted by Crippen LogP contribution is -2.53. The zero-order chi connectivity index (χ0) is 11.9. The van der Waals surface area contributed by atoms with E-state index in [-0.39, 0.29) is 18.8 Å². The summed E-state index contributed by atoms with van der Waals surface area (Å²) < 4.78 is 9.85. The molecule has 1 atom stereocenters. The molecular formula is C10H17NO4. The molecule has 0 aromatic heterocycles. The van der Waals surface area contributed by atoms with Gasteiger partial charge in [0, 0.05) is 6.61 Å². The lowest BCUT2D eigenvalue weighted by Gasteiger charge is -2.26. The van der Waals surface area contributed by atoms with Crippen LogP contribution in [0.15, 0.2) is 5.57 Å². The van der Waals surface area contributed by atoms with Crippen molar-refractivity contribution in [1.82, 2.24) is 0 Å². The number of carbonyl (C=O) groups excluding carboxylic acids is 2. The molecule has 0 rings (SSSR count). The van der Waals surface area contributed by atoms with Crippen LogP contribution < -0.4 is 5.73 Å². The van der Waals surface area contributed by atoms with Crippen LogP contribution in [-0.2, 0) is 19.1 Å². The maximum Gasteiger partial charge on any atom is 0.359 e. The molecule has 0 aliphatic heterocycles. The van der Waals surface area contributed by atoms with Gasteiger partial charge in [0.05, 0.1) is 12.2 Å². The molecule has 15 heavy (non-hydrogen) atoms. The topological polar surface area (TPSA) is 78.6 Å². The summed E-state index contributed by atoms with van der Waals surface area (Å²) in [4.78, 5) is 22.2. The highest BCUT2D eigenvalue weighted by Gasteiger charge is 2.41. The molecule has 0 saturated heterocycles. The van der Waals surface area contributed by atoms with Crippen molar-refractivity contribution in [3.05, 3.63) is 5.57 Å². The van der Waals surface area contributed by atoms with Crippen molar-refractivity contribution in [2.45, 2.75) is 32.9 Å². The van der Waals surface area contributed by atoms with Crippen LogP contribution in [0.1, 0.15) is 27.2 Å². The van der Waals surface area contributed by atoms with Gasteiger partial charge in [-0.15, -0.1) is 0 Å². The van der Waals surface area contributed by atoms with Crippen LogP contribution in [0.25, 0.3) is 0 Å². The Hall–Kier alpha value is -1.16. The summed E-state index contributed by atoms with van der Waals surface area (Å²) in [6.07, 6.45) is 0.290. The van der Waals surface area contributed by atoms with Gasteiger partial charge in [-0.1, -0.05) is 6.92 Å². The number of rotatable bonds is 6. The fourth-order valence-corrected chi connectivity index (χ4v) is 1.15. The Morgan fingerprint density at radius 3 is 2.27 bits per heavy atom. The first-order chi connectivity index (χ1) is 7.06. The number of hydrogen-bond donors (Lipinski definition) is 1. The van der Waals surface area contributed by atoms with Gasteiger partial charge >= 0.3 is 5.97 Å². The minimum atomic E-state index is -1.79. The first kappa shape index (κ1) is 13.8. The molecule has 86 valence electrons. The summed E-state index contributed by atoms with van der Waals surface area (Å²) in [5, 5.41) is 0. The zero-order valence-corrected chi connectivity index (χ0v) is 9.33. The van der Waals surface area contributed by atoms with Crippen LogP contribution in [0.2, 0.25) is 0 Å². The van der Waals surface area contributed by atoms with Crippen LogP contribution in [0, 0.1) is 0 Å². The number of ether oxygens (including phenoxy) is 2. The van der Waals surface area contributed by atoms with Gasteiger partial charge in [-0.2, -0.15) is 0 Å². The first-order valence-electron chi connectivity index (χ1n) is 4.91. The third-order valence-electron chi connectivity index (χ3n) is 1.88. The SMILES string of the molecule is CCOC(=O)C(N)(OCC)C(=C=O)CC. The van der Waals surface area contributed by atoms with Crippen LogP contribution in [-0.4, -0.2) is 30.8 Å². The fourth-order valence-electron chi connectivity index (χ4n) is 1.15. The van der Waals surface area contributed by atoms with Crippen molar-refractivity contribution in [3.63, 3.8) is 0 Å². The van der Waals surface area contributed by atoms with E-state index in [1.54, 1.807) is 26.7 Å². The second-order valence-electron chi connectivity index (χ2n) is 2.82. The predicted octanol–water partition coefficient (Wildman–Crippen LogP) is 0.409. The van der Waals surface area contributed by atoms with Gasteiger partial charge < -0.3 is 9.47 Å². The van der Waals surface area contributed by atoms with Gasteiger partial charge in [-0.25, -0.2) is 9.59 Å². The normalized spacial score (nSPS) is 13.9. The molecular weight excluding hydrogens is 198 g/mol. The molecule has 0 aliphatic carbocycles. The van der Waals surface area contributed by atoms with E-state index >= 15 is 0 Å². The number of esters is 1. The lowest BCUT2D eigenvalue weighted by atomic mass is 10.0. The van der Waals surface area contributed by atoms with E-state index in [9.17, 15) is 9.59 Å². The summed E-state index contributed by atoms with van der Waals surface area (Å²) >= 11 is 0. The summed E-state index contributed by atoms with van der Waals surface area (Å²) in [7, 11) is 0. The second kappa shape index (κ2) is 6.35. The molecule has 0 aromatic carbocycles. The molecule has 2 N–H and O–H groups in total. The fraction of sp³-hybridized carbons (Fsp3) is 0.700. The molecule has 0 heterocycles. The van der Waals surface area contributed by atoms with Gasteiger partial charge in [0.1, 0.15) is 5.94 Å². The molecule has 0 spiro atoms. The predicted molar refractivity (Wildman–Crippen MR) is 54.7 cm³/mol. The van der Waals surface area contributed by atoms with Crippen molar-refractivity contribution in [3.8, 4) is 0 Å². The smallest absolute Gasteiger partial charge is 0.359 e. The molecule has 0 aliphatic rings.